The van der Waals surface area contributed by atoms with Crippen molar-refractivity contribution in [3.05, 3.63) is 0 Å². The minimum atomic E-state index is -2.48. The lowest BCUT2D eigenvalue weighted by Crippen LogP contribution is -2.50. The predicted octanol–water partition coefficient (Wildman–Crippen LogP) is 1.20. The quantitative estimate of drug-likeness (QED) is 0.510. The molecule has 0 rings (SSSR count). The van der Waals surface area contributed by atoms with Gasteiger partial charge in [0.15, 0.2) is 0 Å². The first-order valence-electron chi connectivity index (χ1n) is 5.15. The van der Waals surface area contributed by atoms with Gasteiger partial charge in [0.05, 0.1) is 7.11 Å². The number of rotatable bonds is 8. The van der Waals surface area contributed by atoms with E-state index in [9.17, 15) is 13.6 Å². The van der Waals surface area contributed by atoms with Crippen molar-refractivity contribution < 1.29 is 23.0 Å². The fraction of sp³-hybridized carbons (Fsp3) is 0.900. The summed E-state index contributed by atoms with van der Waals surface area (Å²) in [6, 6.07) is 0. The fourth-order valence-corrected chi connectivity index (χ4v) is 1.33. The van der Waals surface area contributed by atoms with Crippen LogP contribution in [0.4, 0.5) is 8.78 Å². The number of ether oxygens (including phenoxy) is 2. The summed E-state index contributed by atoms with van der Waals surface area (Å²) in [5, 5.41) is 2.96. The van der Waals surface area contributed by atoms with E-state index in [-0.39, 0.29) is 6.61 Å². The van der Waals surface area contributed by atoms with Crippen molar-refractivity contribution in [1.82, 2.24) is 5.32 Å². The number of halogens is 2. The molecule has 0 aromatic rings. The molecule has 1 atom stereocenters. The van der Waals surface area contributed by atoms with E-state index in [1.54, 1.807) is 6.92 Å². The van der Waals surface area contributed by atoms with Crippen LogP contribution in [0.5, 0.6) is 0 Å². The molecule has 4 nitrogen and oxygen atoms in total. The molecule has 1 unspecified atom stereocenters. The Morgan fingerprint density at radius 1 is 1.50 bits per heavy atom. The van der Waals surface area contributed by atoms with Crippen LogP contribution in [-0.2, 0) is 14.3 Å². The van der Waals surface area contributed by atoms with Gasteiger partial charge in [-0.1, -0.05) is 6.92 Å². The maximum absolute atomic E-state index is 11.8. The van der Waals surface area contributed by atoms with Crippen molar-refractivity contribution in [2.24, 2.45) is 0 Å². The lowest BCUT2D eigenvalue weighted by atomic mass is 9.98. The first-order chi connectivity index (χ1) is 7.46. The summed E-state index contributed by atoms with van der Waals surface area (Å²) < 4.78 is 33.0. The van der Waals surface area contributed by atoms with Gasteiger partial charge >= 0.3 is 5.97 Å². The molecule has 96 valence electrons. The highest BCUT2D eigenvalue weighted by molar-refractivity contribution is 5.80. The molecule has 0 bridgehead atoms. The Kier molecular flexibility index (Phi) is 7.16. The maximum atomic E-state index is 11.8. The summed E-state index contributed by atoms with van der Waals surface area (Å²) in [5.74, 6) is -0.421. The molecule has 0 aliphatic heterocycles. The van der Waals surface area contributed by atoms with Gasteiger partial charge in [-0.05, 0) is 19.9 Å². The number of hydrogen-bond donors (Lipinski definition) is 1. The monoisotopic (exact) mass is 239 g/mol. The van der Waals surface area contributed by atoms with Crippen LogP contribution < -0.4 is 5.32 Å². The SMILES string of the molecule is CCNC(C)(CCOCC(F)F)C(=O)OC. The smallest absolute Gasteiger partial charge is 0.325 e. The lowest BCUT2D eigenvalue weighted by Gasteiger charge is -2.27. The van der Waals surface area contributed by atoms with E-state index >= 15 is 0 Å². The third-order valence-electron chi connectivity index (χ3n) is 2.19. The summed E-state index contributed by atoms with van der Waals surface area (Å²) in [4.78, 5) is 11.5. The van der Waals surface area contributed by atoms with Gasteiger partial charge in [0.2, 0.25) is 0 Å². The zero-order chi connectivity index (χ0) is 12.6. The summed E-state index contributed by atoms with van der Waals surface area (Å²) in [7, 11) is 1.29. The fourth-order valence-electron chi connectivity index (χ4n) is 1.33. The van der Waals surface area contributed by atoms with Crippen molar-refractivity contribution in [2.45, 2.75) is 32.2 Å². The molecule has 0 heterocycles. The number of carbonyl (C=O) groups is 1. The zero-order valence-electron chi connectivity index (χ0n) is 9.89. The number of nitrogens with one attached hydrogen (secondary N) is 1. The van der Waals surface area contributed by atoms with Crippen molar-refractivity contribution in [3.63, 3.8) is 0 Å². The number of likely N-dealkylation sites (N-methyl/N-ethyl adjacent to an activating group) is 1. The average Bonchev–Trinajstić information content (AvgIpc) is 2.23. The van der Waals surface area contributed by atoms with Crippen LogP contribution in [0.2, 0.25) is 0 Å². The molecule has 0 aromatic carbocycles. The van der Waals surface area contributed by atoms with Crippen LogP contribution in [0.1, 0.15) is 20.3 Å². The summed E-state index contributed by atoms with van der Waals surface area (Å²) in [6.07, 6.45) is -2.19. The molecule has 16 heavy (non-hydrogen) atoms. The second-order valence-electron chi connectivity index (χ2n) is 3.57. The Balaban J connectivity index is 4.07. The highest BCUT2D eigenvalue weighted by atomic mass is 19.3. The minimum Gasteiger partial charge on any atom is -0.468 e. The minimum absolute atomic E-state index is 0.0862. The molecular weight excluding hydrogens is 220 g/mol. The maximum Gasteiger partial charge on any atom is 0.325 e. The summed E-state index contributed by atoms with van der Waals surface area (Å²) in [5.41, 5.74) is -0.883. The molecule has 0 saturated carbocycles. The van der Waals surface area contributed by atoms with E-state index < -0.39 is 24.5 Å². The van der Waals surface area contributed by atoms with E-state index in [4.69, 9.17) is 4.74 Å². The number of methoxy groups -OCH3 is 1. The molecule has 0 amide bonds. The number of hydrogen-bond acceptors (Lipinski definition) is 4. The molecule has 0 aromatic heterocycles. The Bertz CT molecular complexity index is 214. The van der Waals surface area contributed by atoms with E-state index in [1.165, 1.54) is 7.11 Å². The van der Waals surface area contributed by atoms with Gasteiger partial charge in [0, 0.05) is 6.61 Å². The van der Waals surface area contributed by atoms with Gasteiger partial charge in [-0.2, -0.15) is 0 Å². The molecule has 0 saturated heterocycles. The molecule has 0 radical (unpaired) electrons. The van der Waals surface area contributed by atoms with Crippen LogP contribution in [-0.4, -0.2) is 44.8 Å². The summed E-state index contributed by atoms with van der Waals surface area (Å²) in [6.45, 7) is 3.57. The topological polar surface area (TPSA) is 47.6 Å². The van der Waals surface area contributed by atoms with Gasteiger partial charge < -0.3 is 14.8 Å². The largest absolute Gasteiger partial charge is 0.468 e. The average molecular weight is 239 g/mol. The van der Waals surface area contributed by atoms with Crippen molar-refractivity contribution >= 4 is 5.97 Å². The first kappa shape index (κ1) is 15.2. The zero-order valence-corrected chi connectivity index (χ0v) is 9.89. The Labute approximate surface area is 94.3 Å². The number of alkyl halides is 2. The second kappa shape index (κ2) is 7.51. The second-order valence-corrected chi connectivity index (χ2v) is 3.57. The molecule has 6 heteroatoms. The standard InChI is InChI=1S/C10H19F2NO3/c1-4-13-10(2,9(14)15-3)5-6-16-7-8(11)12/h8,13H,4-7H2,1-3H3. The molecule has 0 aliphatic carbocycles. The molecule has 0 spiro atoms. The first-order valence-corrected chi connectivity index (χ1v) is 5.15. The van der Waals surface area contributed by atoms with Crippen LogP contribution in [0, 0.1) is 0 Å². The Hall–Kier alpha value is -0.750. The predicted molar refractivity (Wildman–Crippen MR) is 55.5 cm³/mol. The van der Waals surface area contributed by atoms with E-state index in [0.717, 1.165) is 0 Å². The molecule has 0 aliphatic rings. The van der Waals surface area contributed by atoms with Crippen LogP contribution >= 0.6 is 0 Å². The molecule has 1 N–H and O–H groups in total. The molecular formula is C10H19F2NO3. The van der Waals surface area contributed by atoms with Crippen LogP contribution in [0.15, 0.2) is 0 Å². The van der Waals surface area contributed by atoms with Gasteiger partial charge in [0.25, 0.3) is 6.43 Å². The van der Waals surface area contributed by atoms with E-state index in [1.807, 2.05) is 6.92 Å². The number of esters is 1. The Morgan fingerprint density at radius 3 is 2.56 bits per heavy atom. The van der Waals surface area contributed by atoms with E-state index in [2.05, 4.69) is 10.1 Å². The van der Waals surface area contributed by atoms with Crippen molar-refractivity contribution in [2.75, 3.05) is 26.9 Å². The third kappa shape index (κ3) is 5.37. The third-order valence-corrected chi connectivity index (χ3v) is 2.19. The van der Waals surface area contributed by atoms with E-state index in [0.29, 0.717) is 13.0 Å². The highest BCUT2D eigenvalue weighted by Crippen LogP contribution is 2.12. The van der Waals surface area contributed by atoms with Gasteiger partial charge in [-0.3, -0.25) is 4.79 Å². The molecule has 0 fully saturated rings. The van der Waals surface area contributed by atoms with Crippen LogP contribution in [0.3, 0.4) is 0 Å². The van der Waals surface area contributed by atoms with Crippen molar-refractivity contribution in [1.29, 1.82) is 0 Å². The highest BCUT2D eigenvalue weighted by Gasteiger charge is 2.32. The lowest BCUT2D eigenvalue weighted by molar-refractivity contribution is -0.148. The van der Waals surface area contributed by atoms with Gasteiger partial charge in [0.1, 0.15) is 12.1 Å². The van der Waals surface area contributed by atoms with Crippen LogP contribution in [0.25, 0.3) is 0 Å². The number of carbonyl (C=O) groups excluding carboxylic acids is 1. The van der Waals surface area contributed by atoms with Gasteiger partial charge in [-0.15, -0.1) is 0 Å². The van der Waals surface area contributed by atoms with Crippen molar-refractivity contribution in [3.8, 4) is 0 Å². The Morgan fingerprint density at radius 2 is 2.12 bits per heavy atom. The summed E-state index contributed by atoms with van der Waals surface area (Å²) >= 11 is 0. The normalized spacial score (nSPS) is 14.9. The van der Waals surface area contributed by atoms with Gasteiger partial charge in [-0.25, -0.2) is 8.78 Å².